The van der Waals surface area contributed by atoms with Gasteiger partial charge in [0.2, 0.25) is 0 Å². The van der Waals surface area contributed by atoms with Crippen molar-refractivity contribution in [2.24, 2.45) is 0 Å². The molecule has 34 heavy (non-hydrogen) atoms. The first-order chi connectivity index (χ1) is 16.6. The topological polar surface area (TPSA) is 83.1 Å². The van der Waals surface area contributed by atoms with Crippen LogP contribution in [0.2, 0.25) is 0 Å². The molecule has 0 aliphatic carbocycles. The molecule has 1 aliphatic rings. The molecule has 7 heteroatoms. The maximum Gasteiger partial charge on any atom is 0.302 e. The van der Waals surface area contributed by atoms with Crippen LogP contribution in [0.25, 0.3) is 10.9 Å². The number of hydrogen-bond donors (Lipinski definition) is 2. The summed E-state index contributed by atoms with van der Waals surface area (Å²) in [5, 5.41) is 4.02. The van der Waals surface area contributed by atoms with Crippen LogP contribution < -0.4 is 20.5 Å². The summed E-state index contributed by atoms with van der Waals surface area (Å²) in [5.41, 5.74) is 3.86. The summed E-state index contributed by atoms with van der Waals surface area (Å²) in [6.07, 6.45) is 5.42. The number of anilines is 2. The van der Waals surface area contributed by atoms with Crippen molar-refractivity contribution in [3.63, 3.8) is 0 Å². The molecule has 1 fully saturated rings. The minimum Gasteiger partial charge on any atom is -0.426 e. The monoisotopic (exact) mass is 455 g/mol. The molecule has 1 saturated heterocycles. The molecular formula is C27H29N5O2. The fourth-order valence-corrected chi connectivity index (χ4v) is 4.45. The van der Waals surface area contributed by atoms with Gasteiger partial charge in [-0.15, -0.1) is 0 Å². The molecule has 4 aromatic rings. The van der Waals surface area contributed by atoms with Gasteiger partial charge in [0.25, 0.3) is 5.56 Å². The van der Waals surface area contributed by atoms with Gasteiger partial charge in [0.1, 0.15) is 5.75 Å². The van der Waals surface area contributed by atoms with Gasteiger partial charge >= 0.3 is 6.01 Å². The fourth-order valence-electron chi connectivity index (χ4n) is 4.45. The third-order valence-corrected chi connectivity index (χ3v) is 6.29. The number of piperidine rings is 1. The second kappa shape index (κ2) is 9.65. The molecule has 2 N–H and O–H groups in total. The van der Waals surface area contributed by atoms with Crippen LogP contribution in [0.5, 0.6) is 11.8 Å². The fraction of sp³-hybridized carbons (Fsp3) is 0.296. The predicted molar refractivity (Wildman–Crippen MR) is 135 cm³/mol. The summed E-state index contributed by atoms with van der Waals surface area (Å²) in [4.78, 5) is 25.8. The van der Waals surface area contributed by atoms with E-state index in [9.17, 15) is 4.79 Å². The van der Waals surface area contributed by atoms with Crippen LogP contribution >= 0.6 is 0 Å². The Balaban J connectivity index is 1.42. The van der Waals surface area contributed by atoms with Crippen molar-refractivity contribution < 1.29 is 4.74 Å². The molecule has 2 aromatic heterocycles. The zero-order valence-electron chi connectivity index (χ0n) is 19.5. The first-order valence-corrected chi connectivity index (χ1v) is 11.8. The third-order valence-electron chi connectivity index (χ3n) is 6.29. The maximum absolute atomic E-state index is 12.3. The van der Waals surface area contributed by atoms with Crippen LogP contribution in [0.15, 0.2) is 71.8 Å². The van der Waals surface area contributed by atoms with Gasteiger partial charge in [0.15, 0.2) is 0 Å². The first kappa shape index (κ1) is 22.1. The number of hydrogen-bond acceptors (Lipinski definition) is 6. The van der Waals surface area contributed by atoms with Gasteiger partial charge in [0, 0.05) is 30.2 Å². The zero-order chi connectivity index (χ0) is 23.5. The first-order valence-electron chi connectivity index (χ1n) is 11.8. The number of aromatic nitrogens is 3. The Morgan fingerprint density at radius 1 is 1.03 bits per heavy atom. The normalized spacial score (nSPS) is 16.0. The van der Waals surface area contributed by atoms with Crippen LogP contribution in [-0.2, 0) is 0 Å². The molecule has 0 spiro atoms. The van der Waals surface area contributed by atoms with E-state index in [0.717, 1.165) is 31.6 Å². The van der Waals surface area contributed by atoms with Gasteiger partial charge in [-0.25, -0.2) is 0 Å². The molecule has 5 rings (SSSR count). The molecule has 0 bridgehead atoms. The highest BCUT2D eigenvalue weighted by Gasteiger charge is 2.23. The molecule has 3 heterocycles. The van der Waals surface area contributed by atoms with Crippen molar-refractivity contribution in [1.29, 1.82) is 0 Å². The van der Waals surface area contributed by atoms with E-state index in [1.807, 2.05) is 12.1 Å². The van der Waals surface area contributed by atoms with Gasteiger partial charge < -0.3 is 15.0 Å². The number of ether oxygens (including phenoxy) is 1. The van der Waals surface area contributed by atoms with E-state index in [4.69, 9.17) is 4.74 Å². The van der Waals surface area contributed by atoms with E-state index in [2.05, 4.69) is 75.4 Å². The standard InChI is InChI=1S/C27H29N5O2/c1-18(2)19-5-7-20(8-6-19)32(22-4-3-14-28-16-22)21-9-11-23(12-10-21)34-27-30-25-17-29-15-13-24(25)26(33)31-27/h5-13,15,17-18,22,28H,3-4,14,16H2,1-2H3,(H,30,31,33). The van der Waals surface area contributed by atoms with Gasteiger partial charge in [-0.05, 0) is 73.3 Å². The van der Waals surface area contributed by atoms with Crippen LogP contribution in [0, 0.1) is 0 Å². The summed E-state index contributed by atoms with van der Waals surface area (Å²) in [7, 11) is 0. The highest BCUT2D eigenvalue weighted by atomic mass is 16.5. The van der Waals surface area contributed by atoms with E-state index >= 15 is 0 Å². The van der Waals surface area contributed by atoms with Gasteiger partial charge in [-0.1, -0.05) is 26.0 Å². The SMILES string of the molecule is CC(C)c1ccc(N(c2ccc(Oc3nc4cnccc4c(=O)[nH]3)cc2)C2CCCNC2)cc1. The molecular weight excluding hydrogens is 426 g/mol. The molecule has 1 aliphatic heterocycles. The minimum absolute atomic E-state index is 0.149. The highest BCUT2D eigenvalue weighted by molar-refractivity contribution is 5.76. The molecule has 0 saturated carbocycles. The Morgan fingerprint density at radius 3 is 2.44 bits per heavy atom. The zero-order valence-corrected chi connectivity index (χ0v) is 19.5. The van der Waals surface area contributed by atoms with E-state index in [1.165, 1.54) is 11.3 Å². The average molecular weight is 456 g/mol. The smallest absolute Gasteiger partial charge is 0.302 e. The van der Waals surface area contributed by atoms with Crippen molar-refractivity contribution >= 4 is 22.3 Å². The van der Waals surface area contributed by atoms with Gasteiger partial charge in [-0.2, -0.15) is 4.98 Å². The third kappa shape index (κ3) is 4.65. The number of nitrogens with zero attached hydrogens (tertiary/aromatic N) is 3. The molecule has 1 unspecified atom stereocenters. The van der Waals surface area contributed by atoms with E-state index in [0.29, 0.717) is 28.6 Å². The lowest BCUT2D eigenvalue weighted by molar-refractivity contribution is 0.442. The summed E-state index contributed by atoms with van der Waals surface area (Å²) < 4.78 is 5.87. The summed E-state index contributed by atoms with van der Waals surface area (Å²) in [6, 6.07) is 19.0. The Labute approximate surface area is 198 Å². The number of nitrogens with one attached hydrogen (secondary N) is 2. The number of rotatable bonds is 6. The van der Waals surface area contributed by atoms with Crippen molar-refractivity contribution in [2.45, 2.75) is 38.6 Å². The van der Waals surface area contributed by atoms with Crippen molar-refractivity contribution in [3.8, 4) is 11.8 Å². The van der Waals surface area contributed by atoms with Crippen molar-refractivity contribution in [2.75, 3.05) is 18.0 Å². The second-order valence-corrected chi connectivity index (χ2v) is 8.98. The largest absolute Gasteiger partial charge is 0.426 e. The van der Waals surface area contributed by atoms with Crippen molar-refractivity contribution in [1.82, 2.24) is 20.3 Å². The minimum atomic E-state index is -0.250. The number of benzene rings is 2. The number of pyridine rings is 1. The number of fused-ring (bicyclic) bond motifs is 1. The van der Waals surface area contributed by atoms with Gasteiger partial charge in [0.05, 0.1) is 17.1 Å². The summed E-state index contributed by atoms with van der Waals surface area (Å²) in [5.74, 6) is 1.10. The molecule has 0 radical (unpaired) electrons. The Morgan fingerprint density at radius 2 is 1.76 bits per heavy atom. The lowest BCUT2D eigenvalue weighted by Crippen LogP contribution is -2.43. The van der Waals surface area contributed by atoms with Crippen LogP contribution in [0.4, 0.5) is 11.4 Å². The maximum atomic E-state index is 12.3. The number of aromatic amines is 1. The lowest BCUT2D eigenvalue weighted by Gasteiger charge is -2.36. The molecule has 2 aromatic carbocycles. The van der Waals surface area contributed by atoms with E-state index in [-0.39, 0.29) is 11.6 Å². The summed E-state index contributed by atoms with van der Waals surface area (Å²) in [6.45, 7) is 6.44. The number of H-pyrrole nitrogens is 1. The molecule has 7 nitrogen and oxygen atoms in total. The summed E-state index contributed by atoms with van der Waals surface area (Å²) >= 11 is 0. The Hall–Kier alpha value is -3.71. The van der Waals surface area contributed by atoms with Crippen LogP contribution in [0.3, 0.4) is 0 Å². The molecule has 1 atom stereocenters. The Kier molecular flexibility index (Phi) is 6.27. The molecule has 174 valence electrons. The van der Waals surface area contributed by atoms with Crippen LogP contribution in [0.1, 0.15) is 38.2 Å². The van der Waals surface area contributed by atoms with Gasteiger partial charge in [-0.3, -0.25) is 14.8 Å². The van der Waals surface area contributed by atoms with Crippen molar-refractivity contribution in [3.05, 3.63) is 82.9 Å². The van der Waals surface area contributed by atoms with Crippen LogP contribution in [-0.4, -0.2) is 34.1 Å². The Bertz CT molecular complexity index is 1310. The van der Waals surface area contributed by atoms with E-state index in [1.54, 1.807) is 18.5 Å². The molecule has 0 amide bonds. The lowest BCUT2D eigenvalue weighted by atomic mass is 10.0. The predicted octanol–water partition coefficient (Wildman–Crippen LogP) is 5.12. The highest BCUT2D eigenvalue weighted by Crippen LogP contribution is 2.33. The second-order valence-electron chi connectivity index (χ2n) is 8.98. The average Bonchev–Trinajstić information content (AvgIpc) is 2.86. The van der Waals surface area contributed by atoms with E-state index < -0.39 is 0 Å². The quantitative estimate of drug-likeness (QED) is 0.420.